The van der Waals surface area contributed by atoms with E-state index in [-0.39, 0.29) is 17.6 Å². The Balaban J connectivity index is 1.52. The average Bonchev–Trinajstić information content (AvgIpc) is 3.28. The van der Waals surface area contributed by atoms with E-state index in [2.05, 4.69) is 13.8 Å². The lowest BCUT2D eigenvalue weighted by molar-refractivity contribution is -0.169. The zero-order valence-corrected chi connectivity index (χ0v) is 22.1. The molecule has 1 N–H and O–H groups in total. The van der Waals surface area contributed by atoms with Gasteiger partial charge in [-0.1, -0.05) is 71.3 Å². The summed E-state index contributed by atoms with van der Waals surface area (Å²) in [4.78, 5) is 0. The van der Waals surface area contributed by atoms with Gasteiger partial charge in [0.15, 0.2) is 0 Å². The molecule has 2 nitrogen and oxygen atoms in total. The number of aliphatic hydroxyl groups excluding tert-OH is 1. The van der Waals surface area contributed by atoms with E-state index in [1.54, 1.807) is 6.07 Å². The standard InChI is InChI=1S/C31H48F2O2/c1-3-5-6-8-22-9-12-24(13-10-22)31(35-26-15-11-23(19-26)7-4-2)18-17-30(34)28(21-31)27-16-14-25(32)20-29(27)33/h14,16,20,22-24,26,28,30,34H,3-13,15,17-19,21H2,1-2H3. The van der Waals surface area contributed by atoms with Crippen LogP contribution in [0, 0.1) is 29.4 Å². The van der Waals surface area contributed by atoms with Crippen LogP contribution in [0.15, 0.2) is 18.2 Å². The van der Waals surface area contributed by atoms with Crippen molar-refractivity contribution in [3.63, 3.8) is 0 Å². The van der Waals surface area contributed by atoms with Crippen LogP contribution < -0.4 is 0 Å². The molecule has 4 rings (SSSR count). The molecule has 3 aliphatic rings. The van der Waals surface area contributed by atoms with Crippen LogP contribution in [0.25, 0.3) is 0 Å². The summed E-state index contributed by atoms with van der Waals surface area (Å²) < 4.78 is 35.6. The quantitative estimate of drug-likeness (QED) is 0.332. The second-order valence-corrected chi connectivity index (χ2v) is 12.1. The van der Waals surface area contributed by atoms with Gasteiger partial charge in [0, 0.05) is 12.0 Å². The van der Waals surface area contributed by atoms with Gasteiger partial charge >= 0.3 is 0 Å². The molecule has 3 saturated carbocycles. The number of benzene rings is 1. The van der Waals surface area contributed by atoms with E-state index in [9.17, 15) is 13.9 Å². The molecule has 1 aromatic carbocycles. The fraction of sp³-hybridized carbons (Fsp3) is 0.806. The van der Waals surface area contributed by atoms with Crippen LogP contribution in [0.1, 0.15) is 128 Å². The molecule has 0 amide bonds. The SMILES string of the molecule is CCCCCC1CCC(C2(OC3CCC(CCC)C3)CCC(O)C(c3ccc(F)cc3F)C2)CC1. The zero-order valence-electron chi connectivity index (χ0n) is 22.1. The van der Waals surface area contributed by atoms with Crippen LogP contribution in [0.4, 0.5) is 8.78 Å². The fourth-order valence-corrected chi connectivity index (χ4v) is 7.70. The molecule has 0 aromatic heterocycles. The molecular weight excluding hydrogens is 442 g/mol. The first-order chi connectivity index (χ1) is 16.9. The van der Waals surface area contributed by atoms with Gasteiger partial charge in [-0.3, -0.25) is 0 Å². The maximum Gasteiger partial charge on any atom is 0.129 e. The van der Waals surface area contributed by atoms with Crippen molar-refractivity contribution in [2.45, 2.75) is 140 Å². The summed E-state index contributed by atoms with van der Waals surface area (Å²) in [6.45, 7) is 4.53. The van der Waals surface area contributed by atoms with Crippen LogP contribution in [0.2, 0.25) is 0 Å². The van der Waals surface area contributed by atoms with E-state index in [0.717, 1.165) is 37.2 Å². The van der Waals surface area contributed by atoms with Crippen molar-refractivity contribution in [3.05, 3.63) is 35.4 Å². The van der Waals surface area contributed by atoms with E-state index in [1.807, 2.05) is 0 Å². The lowest BCUT2D eigenvalue weighted by Crippen LogP contribution is -2.50. The van der Waals surface area contributed by atoms with Gasteiger partial charge in [-0.05, 0) is 80.8 Å². The van der Waals surface area contributed by atoms with Gasteiger partial charge in [0.1, 0.15) is 11.6 Å². The summed E-state index contributed by atoms with van der Waals surface area (Å²) in [5.41, 5.74) is 0.153. The molecular formula is C31H48F2O2. The van der Waals surface area contributed by atoms with Crippen molar-refractivity contribution in [1.82, 2.24) is 0 Å². The molecule has 3 aliphatic carbocycles. The van der Waals surface area contributed by atoms with Gasteiger partial charge in [-0.25, -0.2) is 8.78 Å². The molecule has 5 unspecified atom stereocenters. The highest BCUT2D eigenvalue weighted by Crippen LogP contribution is 2.52. The highest BCUT2D eigenvalue weighted by Gasteiger charge is 2.49. The Hall–Kier alpha value is -1.00. The predicted molar refractivity (Wildman–Crippen MR) is 138 cm³/mol. The number of rotatable bonds is 10. The van der Waals surface area contributed by atoms with Crippen molar-refractivity contribution >= 4 is 0 Å². The highest BCUT2D eigenvalue weighted by molar-refractivity contribution is 5.26. The summed E-state index contributed by atoms with van der Waals surface area (Å²) >= 11 is 0. The topological polar surface area (TPSA) is 29.5 Å². The molecule has 35 heavy (non-hydrogen) atoms. The molecule has 0 aliphatic heterocycles. The summed E-state index contributed by atoms with van der Waals surface area (Å²) in [5, 5.41) is 11.0. The van der Waals surface area contributed by atoms with Gasteiger partial charge in [-0.15, -0.1) is 0 Å². The predicted octanol–water partition coefficient (Wildman–Crippen LogP) is 8.70. The van der Waals surface area contributed by atoms with Crippen LogP contribution in [-0.2, 0) is 4.74 Å². The number of aliphatic hydroxyl groups is 1. The van der Waals surface area contributed by atoms with Crippen LogP contribution >= 0.6 is 0 Å². The highest BCUT2D eigenvalue weighted by atomic mass is 19.1. The Bertz CT molecular complexity index is 790. The van der Waals surface area contributed by atoms with E-state index < -0.39 is 17.7 Å². The number of ether oxygens (including phenoxy) is 1. The first-order valence-electron chi connectivity index (χ1n) is 14.7. The lowest BCUT2D eigenvalue weighted by atomic mass is 9.63. The third-order valence-corrected chi connectivity index (χ3v) is 9.65. The molecule has 0 bridgehead atoms. The maximum atomic E-state index is 14.9. The summed E-state index contributed by atoms with van der Waals surface area (Å²) in [6.07, 6.45) is 18.0. The fourth-order valence-electron chi connectivity index (χ4n) is 7.70. The lowest BCUT2D eigenvalue weighted by Gasteiger charge is -2.51. The van der Waals surface area contributed by atoms with Crippen LogP contribution in [0.5, 0.6) is 0 Å². The van der Waals surface area contributed by atoms with Crippen molar-refractivity contribution in [2.75, 3.05) is 0 Å². The minimum Gasteiger partial charge on any atom is -0.392 e. The third kappa shape index (κ3) is 6.66. The first kappa shape index (κ1) is 27.0. The molecule has 198 valence electrons. The number of hydrogen-bond donors (Lipinski definition) is 1. The second kappa shape index (κ2) is 12.5. The van der Waals surface area contributed by atoms with Crippen molar-refractivity contribution in [2.24, 2.45) is 17.8 Å². The zero-order chi connectivity index (χ0) is 24.8. The first-order valence-corrected chi connectivity index (χ1v) is 14.7. The normalized spacial score (nSPS) is 35.9. The molecule has 4 heteroatoms. The number of unbranched alkanes of at least 4 members (excludes halogenated alkanes) is 2. The molecule has 0 heterocycles. The van der Waals surface area contributed by atoms with E-state index in [1.165, 1.54) is 76.7 Å². The monoisotopic (exact) mass is 490 g/mol. The Morgan fingerprint density at radius 1 is 0.914 bits per heavy atom. The average molecular weight is 491 g/mol. The Kier molecular flexibility index (Phi) is 9.66. The van der Waals surface area contributed by atoms with Gasteiger partial charge in [-0.2, -0.15) is 0 Å². The molecule has 0 radical (unpaired) electrons. The van der Waals surface area contributed by atoms with E-state index in [0.29, 0.717) is 24.3 Å². The summed E-state index contributed by atoms with van der Waals surface area (Å²) in [5.74, 6) is 0.625. The minimum absolute atomic E-state index is 0.280. The van der Waals surface area contributed by atoms with Crippen molar-refractivity contribution in [1.29, 1.82) is 0 Å². The third-order valence-electron chi connectivity index (χ3n) is 9.65. The Morgan fingerprint density at radius 3 is 2.40 bits per heavy atom. The minimum atomic E-state index is -0.603. The Morgan fingerprint density at radius 2 is 1.69 bits per heavy atom. The number of hydrogen-bond acceptors (Lipinski definition) is 2. The Labute approximate surface area is 212 Å². The van der Waals surface area contributed by atoms with Gasteiger partial charge in [0.25, 0.3) is 0 Å². The summed E-state index contributed by atoms with van der Waals surface area (Å²) in [6, 6.07) is 3.84. The molecule has 0 saturated heterocycles. The van der Waals surface area contributed by atoms with Gasteiger partial charge in [0.05, 0.1) is 17.8 Å². The van der Waals surface area contributed by atoms with E-state index >= 15 is 0 Å². The van der Waals surface area contributed by atoms with E-state index in [4.69, 9.17) is 4.74 Å². The van der Waals surface area contributed by atoms with Gasteiger partial charge < -0.3 is 9.84 Å². The second-order valence-electron chi connectivity index (χ2n) is 12.1. The van der Waals surface area contributed by atoms with Crippen LogP contribution in [0.3, 0.4) is 0 Å². The van der Waals surface area contributed by atoms with Crippen molar-refractivity contribution < 1.29 is 18.6 Å². The van der Waals surface area contributed by atoms with Crippen LogP contribution in [-0.4, -0.2) is 22.9 Å². The molecule has 0 spiro atoms. The smallest absolute Gasteiger partial charge is 0.129 e. The molecule has 3 fully saturated rings. The maximum absolute atomic E-state index is 14.9. The molecule has 5 atom stereocenters. The largest absolute Gasteiger partial charge is 0.392 e. The summed E-state index contributed by atoms with van der Waals surface area (Å²) in [7, 11) is 0. The number of halogens is 2. The molecule has 1 aromatic rings. The van der Waals surface area contributed by atoms with Crippen molar-refractivity contribution in [3.8, 4) is 0 Å². The van der Waals surface area contributed by atoms with Gasteiger partial charge in [0.2, 0.25) is 0 Å².